The highest BCUT2D eigenvalue weighted by molar-refractivity contribution is 6.34. The Kier molecular flexibility index (Phi) is 3.13. The summed E-state index contributed by atoms with van der Waals surface area (Å²) in [5.41, 5.74) is 1.37. The van der Waals surface area contributed by atoms with Gasteiger partial charge in [0.2, 0.25) is 0 Å². The molecule has 2 rings (SSSR count). The molecule has 1 aromatic rings. The van der Waals surface area contributed by atoms with Gasteiger partial charge in [0, 0.05) is 5.88 Å². The zero-order chi connectivity index (χ0) is 11.8. The molecule has 0 heterocycles. The molecule has 0 atom stereocenters. The van der Waals surface area contributed by atoms with Gasteiger partial charge in [-0.05, 0) is 37.5 Å². The Morgan fingerprint density at radius 2 is 2.19 bits per heavy atom. The number of amides is 1. The van der Waals surface area contributed by atoms with Crippen molar-refractivity contribution in [1.29, 1.82) is 0 Å². The highest BCUT2D eigenvalue weighted by Crippen LogP contribution is 2.36. The molecule has 0 saturated heterocycles. The summed E-state index contributed by atoms with van der Waals surface area (Å²) in [5, 5.41) is 3.43. The average Bonchev–Trinajstić information content (AvgIpc) is 2.98. The first kappa shape index (κ1) is 11.7. The third kappa shape index (κ3) is 2.33. The lowest BCUT2D eigenvalue weighted by molar-refractivity contribution is 0.0936. The van der Waals surface area contributed by atoms with Crippen LogP contribution in [0.15, 0.2) is 18.2 Å². The van der Waals surface area contributed by atoms with E-state index >= 15 is 0 Å². The van der Waals surface area contributed by atoms with E-state index < -0.39 is 0 Å². The Bertz CT molecular complexity index is 427. The Morgan fingerprint density at radius 1 is 1.50 bits per heavy atom. The van der Waals surface area contributed by atoms with Gasteiger partial charge in [-0.3, -0.25) is 4.79 Å². The number of aryl methyl sites for hydroxylation is 1. The number of nitrogens with one attached hydrogen (secondary N) is 1. The van der Waals surface area contributed by atoms with Crippen LogP contribution in [0.4, 0.5) is 0 Å². The Labute approximate surface area is 105 Å². The quantitative estimate of drug-likeness (QED) is 0.829. The second-order valence-electron chi connectivity index (χ2n) is 4.35. The highest BCUT2D eigenvalue weighted by Gasteiger charge is 2.43. The van der Waals surface area contributed by atoms with E-state index in [0.29, 0.717) is 16.5 Å². The molecule has 16 heavy (non-hydrogen) atoms. The van der Waals surface area contributed by atoms with Crippen molar-refractivity contribution < 1.29 is 4.79 Å². The number of alkyl halides is 1. The maximum atomic E-state index is 11.9. The van der Waals surface area contributed by atoms with E-state index in [2.05, 4.69) is 5.32 Å². The first-order chi connectivity index (χ1) is 7.56. The summed E-state index contributed by atoms with van der Waals surface area (Å²) in [4.78, 5) is 11.9. The van der Waals surface area contributed by atoms with E-state index in [9.17, 15) is 4.79 Å². The summed E-state index contributed by atoms with van der Waals surface area (Å²) < 4.78 is 0. The number of carbonyl (C=O) groups excluding carboxylic acids is 1. The number of carbonyl (C=O) groups is 1. The number of hydrogen-bond acceptors (Lipinski definition) is 1. The molecule has 1 fully saturated rings. The molecule has 1 amide bonds. The molecule has 0 aliphatic heterocycles. The minimum absolute atomic E-state index is 0.136. The van der Waals surface area contributed by atoms with E-state index in [1.54, 1.807) is 12.1 Å². The van der Waals surface area contributed by atoms with Gasteiger partial charge in [0.25, 0.3) is 5.91 Å². The lowest BCUT2D eigenvalue weighted by atomic mass is 10.1. The van der Waals surface area contributed by atoms with Crippen LogP contribution in [0.3, 0.4) is 0 Å². The maximum Gasteiger partial charge on any atom is 0.253 e. The predicted octanol–water partition coefficient (Wildman–Crippen LogP) is 3.15. The van der Waals surface area contributed by atoms with Crippen molar-refractivity contribution in [3.05, 3.63) is 34.3 Å². The van der Waals surface area contributed by atoms with Gasteiger partial charge in [0.15, 0.2) is 0 Å². The van der Waals surface area contributed by atoms with Crippen molar-refractivity contribution >= 4 is 29.1 Å². The van der Waals surface area contributed by atoms with Gasteiger partial charge in [-0.25, -0.2) is 0 Å². The minimum Gasteiger partial charge on any atom is -0.345 e. The smallest absolute Gasteiger partial charge is 0.253 e. The molecule has 1 saturated carbocycles. The summed E-state index contributed by atoms with van der Waals surface area (Å²) in [6, 6.07) is 5.41. The molecule has 1 aliphatic carbocycles. The van der Waals surface area contributed by atoms with Gasteiger partial charge in [0.1, 0.15) is 0 Å². The second kappa shape index (κ2) is 4.27. The molecule has 0 aromatic heterocycles. The average molecular weight is 258 g/mol. The maximum absolute atomic E-state index is 11.9. The van der Waals surface area contributed by atoms with Crippen molar-refractivity contribution in [2.45, 2.75) is 25.3 Å². The fourth-order valence-corrected chi connectivity index (χ4v) is 2.21. The molecule has 4 heteroatoms. The van der Waals surface area contributed by atoms with Crippen LogP contribution in [0, 0.1) is 6.92 Å². The van der Waals surface area contributed by atoms with Crippen LogP contribution in [-0.2, 0) is 0 Å². The van der Waals surface area contributed by atoms with Crippen LogP contribution < -0.4 is 5.32 Å². The fourth-order valence-electron chi connectivity index (χ4n) is 1.56. The van der Waals surface area contributed by atoms with Gasteiger partial charge in [0.05, 0.1) is 16.1 Å². The second-order valence-corrected chi connectivity index (χ2v) is 5.03. The molecule has 0 unspecified atom stereocenters. The van der Waals surface area contributed by atoms with E-state index in [0.717, 1.165) is 18.4 Å². The van der Waals surface area contributed by atoms with Gasteiger partial charge >= 0.3 is 0 Å². The highest BCUT2D eigenvalue weighted by atomic mass is 35.5. The van der Waals surface area contributed by atoms with Crippen LogP contribution >= 0.6 is 23.2 Å². The summed E-state index contributed by atoms with van der Waals surface area (Å²) in [6.45, 7) is 1.94. The van der Waals surface area contributed by atoms with Crippen molar-refractivity contribution in [3.8, 4) is 0 Å². The van der Waals surface area contributed by atoms with Gasteiger partial charge < -0.3 is 5.32 Å². The number of benzene rings is 1. The molecule has 1 aromatic carbocycles. The third-order valence-electron chi connectivity index (χ3n) is 2.86. The molecule has 0 bridgehead atoms. The lowest BCUT2D eigenvalue weighted by Gasteiger charge is -2.14. The first-order valence-electron chi connectivity index (χ1n) is 5.21. The number of halogens is 2. The summed E-state index contributed by atoms with van der Waals surface area (Å²) in [5.74, 6) is 0.325. The van der Waals surface area contributed by atoms with Crippen LogP contribution in [0.1, 0.15) is 28.8 Å². The Balaban J connectivity index is 2.15. The first-order valence-corrected chi connectivity index (χ1v) is 6.12. The van der Waals surface area contributed by atoms with Crippen molar-refractivity contribution in [2.75, 3.05) is 5.88 Å². The zero-order valence-corrected chi connectivity index (χ0v) is 10.5. The van der Waals surface area contributed by atoms with Crippen LogP contribution in [0.5, 0.6) is 0 Å². The molecule has 2 nitrogen and oxygen atoms in total. The molecule has 1 N–H and O–H groups in total. The van der Waals surface area contributed by atoms with Crippen molar-refractivity contribution in [2.24, 2.45) is 0 Å². The summed E-state index contributed by atoms with van der Waals surface area (Å²) in [7, 11) is 0. The fraction of sp³-hybridized carbons (Fsp3) is 0.417. The van der Waals surface area contributed by atoms with Crippen molar-refractivity contribution in [1.82, 2.24) is 5.32 Å². The van der Waals surface area contributed by atoms with Crippen LogP contribution in [0.25, 0.3) is 0 Å². The molecule has 0 spiro atoms. The Morgan fingerprint density at radius 3 is 2.69 bits per heavy atom. The van der Waals surface area contributed by atoms with Crippen LogP contribution in [0.2, 0.25) is 5.02 Å². The predicted molar refractivity (Wildman–Crippen MR) is 66.3 cm³/mol. The minimum atomic E-state index is -0.188. The number of rotatable bonds is 3. The standard InChI is InChI=1S/C12H13Cl2NO/c1-8-2-3-9(10(14)6-8)11(16)15-12(7-13)4-5-12/h2-3,6H,4-5,7H2,1H3,(H,15,16). The van der Waals surface area contributed by atoms with E-state index in [1.165, 1.54) is 0 Å². The van der Waals surface area contributed by atoms with E-state index in [1.807, 2.05) is 13.0 Å². The Hall–Kier alpha value is -0.730. The van der Waals surface area contributed by atoms with Gasteiger partial charge in [-0.2, -0.15) is 0 Å². The van der Waals surface area contributed by atoms with E-state index in [-0.39, 0.29) is 11.4 Å². The van der Waals surface area contributed by atoms with Crippen molar-refractivity contribution in [3.63, 3.8) is 0 Å². The summed E-state index contributed by atoms with van der Waals surface area (Å²) in [6.07, 6.45) is 1.90. The monoisotopic (exact) mass is 257 g/mol. The molecule has 86 valence electrons. The van der Waals surface area contributed by atoms with Gasteiger partial charge in [-0.1, -0.05) is 17.7 Å². The molecule has 1 aliphatic rings. The molecule has 0 radical (unpaired) electrons. The van der Waals surface area contributed by atoms with Gasteiger partial charge in [-0.15, -0.1) is 11.6 Å². The third-order valence-corrected chi connectivity index (χ3v) is 3.68. The molecular weight excluding hydrogens is 245 g/mol. The number of hydrogen-bond donors (Lipinski definition) is 1. The SMILES string of the molecule is Cc1ccc(C(=O)NC2(CCl)CC2)c(Cl)c1. The lowest BCUT2D eigenvalue weighted by Crippen LogP contribution is -2.38. The zero-order valence-electron chi connectivity index (χ0n) is 9.02. The summed E-state index contributed by atoms with van der Waals surface area (Å²) >= 11 is 11.8. The normalized spacial score (nSPS) is 16.9. The molecular formula is C12H13Cl2NO. The van der Waals surface area contributed by atoms with E-state index in [4.69, 9.17) is 23.2 Å². The topological polar surface area (TPSA) is 29.1 Å². The largest absolute Gasteiger partial charge is 0.345 e. The van der Waals surface area contributed by atoms with Crippen LogP contribution in [-0.4, -0.2) is 17.3 Å².